The van der Waals surface area contributed by atoms with Gasteiger partial charge in [0.05, 0.1) is 23.3 Å². The number of benzene rings is 2. The molecule has 0 amide bonds. The van der Waals surface area contributed by atoms with E-state index in [1.54, 1.807) is 16.8 Å². The van der Waals surface area contributed by atoms with E-state index in [2.05, 4.69) is 15.7 Å². The Bertz CT molecular complexity index is 1160. The van der Waals surface area contributed by atoms with E-state index < -0.39 is 6.61 Å². The molecule has 2 aromatic carbocycles. The molecule has 0 saturated heterocycles. The molecule has 0 radical (unpaired) electrons. The van der Waals surface area contributed by atoms with Crippen LogP contribution < -0.4 is 4.74 Å². The monoisotopic (exact) mass is 380 g/mol. The second kappa shape index (κ2) is 6.44. The molecule has 0 aliphatic carbocycles. The minimum absolute atomic E-state index is 0.0842. The number of rotatable bonds is 4. The quantitative estimate of drug-likeness (QED) is 0.521. The first-order valence-electron chi connectivity index (χ1n) is 9.14. The zero-order chi connectivity index (χ0) is 19.3. The van der Waals surface area contributed by atoms with Crippen LogP contribution in [0.1, 0.15) is 23.9 Å². The fraction of sp³-hybridized carbons (Fsp3) is 0.238. The third kappa shape index (κ3) is 2.74. The van der Waals surface area contributed by atoms with Gasteiger partial charge in [-0.3, -0.25) is 4.68 Å². The van der Waals surface area contributed by atoms with Gasteiger partial charge in [-0.15, -0.1) is 0 Å². The van der Waals surface area contributed by atoms with Gasteiger partial charge in [0.15, 0.2) is 0 Å². The van der Waals surface area contributed by atoms with Crippen molar-refractivity contribution in [2.24, 2.45) is 7.05 Å². The van der Waals surface area contributed by atoms with Gasteiger partial charge in [0.2, 0.25) is 0 Å². The second-order valence-electron chi connectivity index (χ2n) is 6.98. The lowest BCUT2D eigenvalue weighted by atomic mass is 10.0. The molecular weight excluding hydrogens is 362 g/mol. The molecule has 28 heavy (non-hydrogen) atoms. The SMILES string of the molecule is Cn1cc(-c2ccc3nc4n(c3c2)[C@@H](c2ccccc2OC(F)F)CC4)cn1. The van der Waals surface area contributed by atoms with Crippen molar-refractivity contribution in [2.75, 3.05) is 0 Å². The highest BCUT2D eigenvalue weighted by Crippen LogP contribution is 2.40. The van der Waals surface area contributed by atoms with Gasteiger partial charge in [0.1, 0.15) is 11.6 Å². The topological polar surface area (TPSA) is 44.9 Å². The van der Waals surface area contributed by atoms with Crippen molar-refractivity contribution < 1.29 is 13.5 Å². The van der Waals surface area contributed by atoms with E-state index in [0.717, 1.165) is 46.4 Å². The standard InChI is InChI=1S/C21H18F2N4O/c1-26-12-14(11-24-26)13-6-7-16-18(10-13)27-17(8-9-20(27)25-16)15-4-2-3-5-19(15)28-21(22)23/h2-7,10-12,17,21H,8-9H2,1H3/t17-/m1/s1. The highest BCUT2D eigenvalue weighted by Gasteiger charge is 2.29. The molecule has 1 aliphatic heterocycles. The average molecular weight is 380 g/mol. The number of hydrogen-bond donors (Lipinski definition) is 0. The Kier molecular flexibility index (Phi) is 3.89. The Labute approximate surface area is 160 Å². The molecule has 5 rings (SSSR count). The largest absolute Gasteiger partial charge is 0.434 e. The molecule has 2 aromatic heterocycles. The molecule has 1 atom stereocenters. The second-order valence-corrected chi connectivity index (χ2v) is 6.98. The van der Waals surface area contributed by atoms with Gasteiger partial charge in [-0.25, -0.2) is 4.98 Å². The van der Waals surface area contributed by atoms with Crippen LogP contribution in [0.15, 0.2) is 54.9 Å². The number of fused-ring (bicyclic) bond motifs is 3. The number of para-hydroxylation sites is 1. The van der Waals surface area contributed by atoms with Crippen molar-refractivity contribution in [1.29, 1.82) is 0 Å². The molecule has 0 spiro atoms. The molecule has 0 fully saturated rings. The highest BCUT2D eigenvalue weighted by molar-refractivity contribution is 5.83. The summed E-state index contributed by atoms with van der Waals surface area (Å²) in [5.74, 6) is 1.19. The lowest BCUT2D eigenvalue weighted by Crippen LogP contribution is -2.10. The van der Waals surface area contributed by atoms with Gasteiger partial charge in [0, 0.05) is 30.8 Å². The van der Waals surface area contributed by atoms with E-state index in [1.165, 1.54) is 0 Å². The van der Waals surface area contributed by atoms with E-state index in [4.69, 9.17) is 9.72 Å². The number of hydrogen-bond acceptors (Lipinski definition) is 3. The van der Waals surface area contributed by atoms with Crippen molar-refractivity contribution in [3.63, 3.8) is 0 Å². The predicted molar refractivity (Wildman–Crippen MR) is 101 cm³/mol. The summed E-state index contributed by atoms with van der Waals surface area (Å²) in [6.07, 6.45) is 5.39. The fourth-order valence-corrected chi connectivity index (χ4v) is 4.07. The molecule has 0 unspecified atom stereocenters. The van der Waals surface area contributed by atoms with Crippen molar-refractivity contribution in [1.82, 2.24) is 19.3 Å². The highest BCUT2D eigenvalue weighted by atomic mass is 19.3. The number of halogens is 2. The Morgan fingerprint density at radius 2 is 2.00 bits per heavy atom. The number of ether oxygens (including phenoxy) is 1. The van der Waals surface area contributed by atoms with Crippen LogP contribution in [0.2, 0.25) is 0 Å². The summed E-state index contributed by atoms with van der Waals surface area (Å²) in [7, 11) is 1.88. The summed E-state index contributed by atoms with van der Waals surface area (Å²) in [4.78, 5) is 4.75. The molecule has 0 bridgehead atoms. The Balaban J connectivity index is 1.63. The molecule has 4 aromatic rings. The summed E-state index contributed by atoms with van der Waals surface area (Å²) in [6.45, 7) is -2.85. The summed E-state index contributed by atoms with van der Waals surface area (Å²) in [6, 6.07) is 13.1. The van der Waals surface area contributed by atoms with Crippen LogP contribution in [0.5, 0.6) is 5.75 Å². The number of alkyl halides is 2. The lowest BCUT2D eigenvalue weighted by molar-refractivity contribution is -0.0506. The van der Waals surface area contributed by atoms with Gasteiger partial charge >= 0.3 is 6.61 Å². The first kappa shape index (κ1) is 16.9. The van der Waals surface area contributed by atoms with Gasteiger partial charge in [-0.2, -0.15) is 13.9 Å². The molecule has 3 heterocycles. The number of aromatic nitrogens is 4. The molecular formula is C21H18F2N4O. The third-order valence-electron chi connectivity index (χ3n) is 5.25. The first-order chi connectivity index (χ1) is 13.6. The molecule has 1 aliphatic rings. The Morgan fingerprint density at radius 3 is 2.79 bits per heavy atom. The van der Waals surface area contributed by atoms with E-state index in [1.807, 2.05) is 43.7 Å². The van der Waals surface area contributed by atoms with Crippen LogP contribution >= 0.6 is 0 Å². The maximum atomic E-state index is 12.9. The van der Waals surface area contributed by atoms with Gasteiger partial charge in [-0.05, 0) is 30.2 Å². The zero-order valence-electron chi connectivity index (χ0n) is 15.2. The van der Waals surface area contributed by atoms with Crippen LogP contribution in [-0.2, 0) is 13.5 Å². The number of aryl methyl sites for hydroxylation is 2. The van der Waals surface area contributed by atoms with E-state index in [-0.39, 0.29) is 11.8 Å². The van der Waals surface area contributed by atoms with Crippen LogP contribution in [0.4, 0.5) is 8.78 Å². The third-order valence-corrected chi connectivity index (χ3v) is 5.25. The van der Waals surface area contributed by atoms with Crippen LogP contribution in [0.3, 0.4) is 0 Å². The Hall–Kier alpha value is -3.22. The summed E-state index contributed by atoms with van der Waals surface area (Å²) in [5, 5.41) is 4.24. The van der Waals surface area contributed by atoms with Crippen LogP contribution in [0.25, 0.3) is 22.2 Å². The lowest BCUT2D eigenvalue weighted by Gasteiger charge is -2.19. The molecule has 7 heteroatoms. The van der Waals surface area contributed by atoms with Crippen LogP contribution in [-0.4, -0.2) is 25.9 Å². The van der Waals surface area contributed by atoms with Crippen molar-refractivity contribution in [3.05, 3.63) is 66.2 Å². The van der Waals surface area contributed by atoms with Gasteiger partial charge in [0.25, 0.3) is 0 Å². The number of imidazole rings is 1. The van der Waals surface area contributed by atoms with Gasteiger partial charge < -0.3 is 9.30 Å². The summed E-state index contributed by atoms with van der Waals surface area (Å²) >= 11 is 0. The van der Waals surface area contributed by atoms with Crippen molar-refractivity contribution in [2.45, 2.75) is 25.5 Å². The van der Waals surface area contributed by atoms with Crippen molar-refractivity contribution >= 4 is 11.0 Å². The van der Waals surface area contributed by atoms with E-state index >= 15 is 0 Å². The average Bonchev–Trinajstić information content (AvgIpc) is 3.36. The Morgan fingerprint density at radius 1 is 1.14 bits per heavy atom. The van der Waals surface area contributed by atoms with E-state index in [0.29, 0.717) is 0 Å². The minimum atomic E-state index is -2.85. The van der Waals surface area contributed by atoms with Gasteiger partial charge in [-0.1, -0.05) is 24.3 Å². The van der Waals surface area contributed by atoms with E-state index in [9.17, 15) is 8.78 Å². The first-order valence-corrected chi connectivity index (χ1v) is 9.14. The molecule has 0 saturated carbocycles. The maximum Gasteiger partial charge on any atom is 0.387 e. The molecule has 0 N–H and O–H groups in total. The normalized spacial score (nSPS) is 16.1. The fourth-order valence-electron chi connectivity index (χ4n) is 4.07. The summed E-state index contributed by atoms with van der Waals surface area (Å²) in [5.41, 5.74) is 4.72. The minimum Gasteiger partial charge on any atom is -0.434 e. The maximum absolute atomic E-state index is 12.9. The predicted octanol–water partition coefficient (Wildman–Crippen LogP) is 4.57. The van der Waals surface area contributed by atoms with Crippen LogP contribution in [0, 0.1) is 0 Å². The molecule has 142 valence electrons. The smallest absolute Gasteiger partial charge is 0.387 e. The van der Waals surface area contributed by atoms with Crippen molar-refractivity contribution in [3.8, 4) is 16.9 Å². The molecule has 5 nitrogen and oxygen atoms in total. The summed E-state index contributed by atoms with van der Waals surface area (Å²) < 4.78 is 34.4. The number of nitrogens with zero attached hydrogens (tertiary/aromatic N) is 4. The zero-order valence-corrected chi connectivity index (χ0v) is 15.2.